The highest BCUT2D eigenvalue weighted by atomic mass is 16.6. The van der Waals surface area contributed by atoms with Crippen LogP contribution in [-0.4, -0.2) is 94.3 Å². The van der Waals surface area contributed by atoms with Gasteiger partial charge in [-0.05, 0) is 25.5 Å². The standard InChI is InChI=1S/C20H33N5O3/c1-17(15-26-2)23-20(22-8-6-18-16-27-13-14-28-18)25-11-9-24(10-12-25)19-5-3-4-7-21-19/h3-5,7,17-18H,6,8-16H2,1-2H3,(H,22,23). The fourth-order valence-electron chi connectivity index (χ4n) is 3.45. The zero-order valence-electron chi connectivity index (χ0n) is 17.0. The number of nitrogens with one attached hydrogen (secondary N) is 1. The van der Waals surface area contributed by atoms with E-state index in [1.807, 2.05) is 18.3 Å². The first-order valence-electron chi connectivity index (χ1n) is 10.2. The highest BCUT2D eigenvalue weighted by Gasteiger charge is 2.22. The molecule has 1 aromatic heterocycles. The lowest BCUT2D eigenvalue weighted by Gasteiger charge is -2.38. The van der Waals surface area contributed by atoms with E-state index in [-0.39, 0.29) is 12.1 Å². The van der Waals surface area contributed by atoms with Gasteiger partial charge in [-0.15, -0.1) is 0 Å². The van der Waals surface area contributed by atoms with E-state index in [0.29, 0.717) is 26.4 Å². The molecule has 2 fully saturated rings. The largest absolute Gasteiger partial charge is 0.383 e. The highest BCUT2D eigenvalue weighted by Crippen LogP contribution is 2.13. The van der Waals surface area contributed by atoms with Gasteiger partial charge in [-0.2, -0.15) is 0 Å². The minimum Gasteiger partial charge on any atom is -0.383 e. The van der Waals surface area contributed by atoms with Gasteiger partial charge in [-0.25, -0.2) is 4.98 Å². The number of guanidine groups is 1. The van der Waals surface area contributed by atoms with Crippen LogP contribution in [-0.2, 0) is 14.2 Å². The number of pyridine rings is 1. The van der Waals surface area contributed by atoms with Crippen molar-refractivity contribution in [3.63, 3.8) is 0 Å². The molecule has 8 heteroatoms. The van der Waals surface area contributed by atoms with Crippen molar-refractivity contribution in [3.05, 3.63) is 24.4 Å². The Balaban J connectivity index is 1.55. The molecule has 0 bridgehead atoms. The van der Waals surface area contributed by atoms with E-state index in [4.69, 9.17) is 19.2 Å². The van der Waals surface area contributed by atoms with Crippen molar-refractivity contribution >= 4 is 11.8 Å². The monoisotopic (exact) mass is 391 g/mol. The van der Waals surface area contributed by atoms with Crippen LogP contribution in [0.1, 0.15) is 13.3 Å². The summed E-state index contributed by atoms with van der Waals surface area (Å²) in [7, 11) is 1.72. The van der Waals surface area contributed by atoms with Crippen LogP contribution in [0.4, 0.5) is 5.82 Å². The summed E-state index contributed by atoms with van der Waals surface area (Å²) < 4.78 is 16.5. The normalized spacial score (nSPS) is 22.2. The molecule has 2 atom stereocenters. The summed E-state index contributed by atoms with van der Waals surface area (Å²) in [6, 6.07) is 6.25. The number of rotatable bonds is 7. The maximum atomic E-state index is 5.73. The van der Waals surface area contributed by atoms with Crippen LogP contribution in [0.2, 0.25) is 0 Å². The molecule has 2 aliphatic heterocycles. The average molecular weight is 392 g/mol. The van der Waals surface area contributed by atoms with Crippen LogP contribution in [0.25, 0.3) is 0 Å². The quantitative estimate of drug-likeness (QED) is 0.549. The first-order chi connectivity index (χ1) is 13.8. The highest BCUT2D eigenvalue weighted by molar-refractivity contribution is 5.80. The number of aromatic nitrogens is 1. The molecule has 1 N–H and O–H groups in total. The van der Waals surface area contributed by atoms with Gasteiger partial charge in [0.05, 0.1) is 32.5 Å². The summed E-state index contributed by atoms with van der Waals surface area (Å²) in [4.78, 5) is 14.0. The third-order valence-corrected chi connectivity index (χ3v) is 4.94. The van der Waals surface area contributed by atoms with E-state index in [2.05, 4.69) is 33.1 Å². The second kappa shape index (κ2) is 11.2. The Morgan fingerprint density at radius 1 is 1.32 bits per heavy atom. The molecule has 1 aromatic rings. The molecule has 2 aliphatic rings. The Kier molecular flexibility index (Phi) is 8.32. The molecule has 0 amide bonds. The maximum Gasteiger partial charge on any atom is 0.194 e. The predicted molar refractivity (Wildman–Crippen MR) is 110 cm³/mol. The van der Waals surface area contributed by atoms with Gasteiger partial charge in [0.1, 0.15) is 5.82 Å². The molecule has 0 radical (unpaired) electrons. The van der Waals surface area contributed by atoms with Gasteiger partial charge in [0, 0.05) is 52.1 Å². The van der Waals surface area contributed by atoms with E-state index in [1.54, 1.807) is 7.11 Å². The second-order valence-corrected chi connectivity index (χ2v) is 7.22. The van der Waals surface area contributed by atoms with Gasteiger partial charge in [-0.1, -0.05) is 6.07 Å². The Morgan fingerprint density at radius 2 is 2.18 bits per heavy atom. The summed E-state index contributed by atoms with van der Waals surface area (Å²) in [6.45, 7) is 9.19. The molecule has 28 heavy (non-hydrogen) atoms. The van der Waals surface area contributed by atoms with Gasteiger partial charge in [-0.3, -0.25) is 4.99 Å². The fourth-order valence-corrected chi connectivity index (χ4v) is 3.45. The van der Waals surface area contributed by atoms with Crippen molar-refractivity contribution in [2.45, 2.75) is 25.5 Å². The lowest BCUT2D eigenvalue weighted by Crippen LogP contribution is -2.54. The molecular weight excluding hydrogens is 358 g/mol. The van der Waals surface area contributed by atoms with Crippen LogP contribution in [0.5, 0.6) is 0 Å². The van der Waals surface area contributed by atoms with Crippen LogP contribution >= 0.6 is 0 Å². The van der Waals surface area contributed by atoms with Crippen LogP contribution in [0.15, 0.2) is 29.4 Å². The first kappa shape index (κ1) is 20.8. The minimum atomic E-state index is 0.149. The van der Waals surface area contributed by atoms with Crippen molar-refractivity contribution in [3.8, 4) is 0 Å². The Hall–Kier alpha value is -1.90. The second-order valence-electron chi connectivity index (χ2n) is 7.22. The number of piperazine rings is 1. The molecule has 3 heterocycles. The minimum absolute atomic E-state index is 0.149. The maximum absolute atomic E-state index is 5.73. The molecular formula is C20H33N5O3. The summed E-state index contributed by atoms with van der Waals surface area (Å²) in [6.07, 6.45) is 2.87. The van der Waals surface area contributed by atoms with E-state index < -0.39 is 0 Å². The zero-order valence-corrected chi connectivity index (χ0v) is 17.0. The lowest BCUT2D eigenvalue weighted by molar-refractivity contribution is -0.0895. The topological polar surface area (TPSA) is 71.5 Å². The number of hydrogen-bond acceptors (Lipinski definition) is 6. The smallest absolute Gasteiger partial charge is 0.194 e. The molecule has 0 aromatic carbocycles. The summed E-state index contributed by atoms with van der Waals surface area (Å²) in [5.74, 6) is 1.98. The number of aliphatic imine (C=N–C) groups is 1. The van der Waals surface area contributed by atoms with Crippen molar-refractivity contribution in [2.75, 3.05) is 71.2 Å². The van der Waals surface area contributed by atoms with Gasteiger partial charge in [0.25, 0.3) is 0 Å². The zero-order chi connectivity index (χ0) is 19.6. The van der Waals surface area contributed by atoms with Crippen LogP contribution in [0.3, 0.4) is 0 Å². The van der Waals surface area contributed by atoms with Crippen molar-refractivity contribution in [2.24, 2.45) is 4.99 Å². The summed E-state index contributed by atoms with van der Waals surface area (Å²) >= 11 is 0. The molecule has 3 rings (SSSR count). The third kappa shape index (κ3) is 6.32. The van der Waals surface area contributed by atoms with Gasteiger partial charge < -0.3 is 29.3 Å². The third-order valence-electron chi connectivity index (χ3n) is 4.94. The average Bonchev–Trinajstić information content (AvgIpc) is 2.75. The molecule has 2 unspecified atom stereocenters. The Morgan fingerprint density at radius 3 is 2.86 bits per heavy atom. The van der Waals surface area contributed by atoms with E-state index in [1.165, 1.54) is 0 Å². The number of nitrogens with zero attached hydrogens (tertiary/aromatic N) is 4. The number of methoxy groups -OCH3 is 1. The van der Waals surface area contributed by atoms with E-state index in [0.717, 1.165) is 50.9 Å². The lowest BCUT2D eigenvalue weighted by atomic mass is 10.2. The Bertz CT molecular complexity index is 587. The van der Waals surface area contributed by atoms with Crippen LogP contribution < -0.4 is 10.2 Å². The van der Waals surface area contributed by atoms with E-state index >= 15 is 0 Å². The first-order valence-corrected chi connectivity index (χ1v) is 10.2. The predicted octanol–water partition coefficient (Wildman–Crippen LogP) is 0.990. The molecule has 0 spiro atoms. The number of hydrogen-bond donors (Lipinski definition) is 1. The van der Waals surface area contributed by atoms with Gasteiger partial charge >= 0.3 is 0 Å². The molecule has 156 valence electrons. The van der Waals surface area contributed by atoms with Crippen LogP contribution in [0, 0.1) is 0 Å². The number of ether oxygens (including phenoxy) is 3. The molecule has 8 nitrogen and oxygen atoms in total. The van der Waals surface area contributed by atoms with Crippen molar-refractivity contribution in [1.29, 1.82) is 0 Å². The molecule has 2 saturated heterocycles. The van der Waals surface area contributed by atoms with Gasteiger partial charge in [0.2, 0.25) is 0 Å². The summed E-state index contributed by atoms with van der Waals surface area (Å²) in [5.41, 5.74) is 0. The summed E-state index contributed by atoms with van der Waals surface area (Å²) in [5, 5.41) is 3.52. The molecule has 0 saturated carbocycles. The SMILES string of the molecule is COCC(C)NC(=NCCC1COCCO1)N1CCN(c2ccccn2)CC1. The fraction of sp³-hybridized carbons (Fsp3) is 0.700. The molecule has 0 aliphatic carbocycles. The Labute approximate surface area is 167 Å². The van der Waals surface area contributed by atoms with Crippen molar-refractivity contribution in [1.82, 2.24) is 15.2 Å². The van der Waals surface area contributed by atoms with E-state index in [9.17, 15) is 0 Å². The van der Waals surface area contributed by atoms with Crippen molar-refractivity contribution < 1.29 is 14.2 Å². The van der Waals surface area contributed by atoms with Gasteiger partial charge in [0.15, 0.2) is 5.96 Å². The number of anilines is 1.